The van der Waals surface area contributed by atoms with Gasteiger partial charge < -0.3 is 4.74 Å². The Balaban J connectivity index is 1.11. The van der Waals surface area contributed by atoms with Crippen LogP contribution < -0.4 is 4.90 Å². The molecule has 0 aromatic heterocycles. The van der Waals surface area contributed by atoms with Crippen LogP contribution in [0.4, 0.5) is 5.69 Å². The third kappa shape index (κ3) is 3.51. The number of rotatable bonds is 4. The molecule has 0 spiro atoms. The minimum absolute atomic E-state index is 0.144. The summed E-state index contributed by atoms with van der Waals surface area (Å²) in [7, 11) is 1.33. The van der Waals surface area contributed by atoms with Crippen molar-refractivity contribution < 1.29 is 19.1 Å². The topological polar surface area (TPSA) is 70.2 Å². The van der Waals surface area contributed by atoms with Gasteiger partial charge in [0.15, 0.2) is 0 Å². The summed E-state index contributed by atoms with van der Waals surface area (Å²) in [5.41, 5.74) is 1.33. The first-order chi connectivity index (χ1) is 16.0. The van der Waals surface area contributed by atoms with Gasteiger partial charge in [-0.3, -0.25) is 19.4 Å². The van der Waals surface area contributed by atoms with Crippen LogP contribution in [-0.4, -0.2) is 72.5 Å². The van der Waals surface area contributed by atoms with E-state index >= 15 is 0 Å². The van der Waals surface area contributed by atoms with Crippen molar-refractivity contribution in [3.63, 3.8) is 0 Å². The Morgan fingerprint density at radius 1 is 0.909 bits per heavy atom. The molecule has 2 amide bonds. The van der Waals surface area contributed by atoms with Crippen LogP contribution in [0.25, 0.3) is 0 Å². The summed E-state index contributed by atoms with van der Waals surface area (Å²) in [5.74, 6) is 2.05. The molecule has 1 aromatic carbocycles. The van der Waals surface area contributed by atoms with Crippen molar-refractivity contribution in [3.05, 3.63) is 29.8 Å². The maximum atomic E-state index is 13.3. The number of carbonyl (C=O) groups excluding carboxylic acids is 3. The number of nitrogens with zero attached hydrogens (tertiary/aromatic N) is 3. The fourth-order valence-electron chi connectivity index (χ4n) is 8.00. The number of carbonyl (C=O) groups is 3. The molecule has 2 saturated heterocycles. The lowest BCUT2D eigenvalue weighted by Crippen LogP contribution is -2.64. The average Bonchev–Trinajstić information content (AvgIpc) is 3.11. The zero-order chi connectivity index (χ0) is 22.7. The quantitative estimate of drug-likeness (QED) is 0.518. The van der Waals surface area contributed by atoms with E-state index in [4.69, 9.17) is 4.74 Å². The highest BCUT2D eigenvalue weighted by Gasteiger charge is 2.54. The molecule has 4 saturated carbocycles. The Hall–Kier alpha value is -2.25. The molecule has 4 aliphatic carbocycles. The molecule has 33 heavy (non-hydrogen) atoms. The van der Waals surface area contributed by atoms with Gasteiger partial charge in [-0.05, 0) is 80.5 Å². The molecule has 4 bridgehead atoms. The minimum atomic E-state index is -0.435. The molecule has 0 unspecified atom stereocenters. The summed E-state index contributed by atoms with van der Waals surface area (Å²) in [5, 5.41) is 0. The van der Waals surface area contributed by atoms with Crippen LogP contribution in [0.15, 0.2) is 24.3 Å². The minimum Gasteiger partial charge on any atom is -0.465 e. The predicted molar refractivity (Wildman–Crippen MR) is 123 cm³/mol. The van der Waals surface area contributed by atoms with E-state index in [9.17, 15) is 14.4 Å². The van der Waals surface area contributed by atoms with E-state index in [0.29, 0.717) is 16.8 Å². The zero-order valence-electron chi connectivity index (χ0n) is 19.4. The molecule has 1 aromatic rings. The van der Waals surface area contributed by atoms with Crippen molar-refractivity contribution in [1.29, 1.82) is 0 Å². The summed E-state index contributed by atoms with van der Waals surface area (Å²) < 4.78 is 4.73. The normalized spacial score (nSPS) is 36.6. The lowest BCUT2D eigenvalue weighted by molar-refractivity contribution is -0.125. The van der Waals surface area contributed by atoms with Gasteiger partial charge in [0.25, 0.3) is 5.91 Å². The van der Waals surface area contributed by atoms with Crippen molar-refractivity contribution in [1.82, 2.24) is 9.80 Å². The van der Waals surface area contributed by atoms with Crippen LogP contribution in [0.5, 0.6) is 0 Å². The van der Waals surface area contributed by atoms with Gasteiger partial charge >= 0.3 is 5.97 Å². The highest BCUT2D eigenvalue weighted by atomic mass is 16.5. The van der Waals surface area contributed by atoms with Crippen LogP contribution in [0.2, 0.25) is 0 Å². The standard InChI is InChI=1S/C26H33N3O4/c1-33-25(32)20-2-4-21(5-3-20)29-23(30)13-22(24(29)31)27-6-8-28(9-7-27)26-14-17-10-18(15-26)12-19(11-17)16-26/h2-5,17-19,22H,6-16H2,1H3/t17?,18?,19?,22-,26?/m0/s1. The van der Waals surface area contributed by atoms with E-state index in [0.717, 1.165) is 43.9 Å². The molecular formula is C26H33N3O4. The van der Waals surface area contributed by atoms with Crippen molar-refractivity contribution in [2.75, 3.05) is 38.2 Å². The Kier molecular flexibility index (Phi) is 5.11. The smallest absolute Gasteiger partial charge is 0.337 e. The first-order valence-corrected chi connectivity index (χ1v) is 12.5. The van der Waals surface area contributed by atoms with Gasteiger partial charge in [0.2, 0.25) is 5.91 Å². The van der Waals surface area contributed by atoms with Crippen LogP contribution in [-0.2, 0) is 14.3 Å². The van der Waals surface area contributed by atoms with Gasteiger partial charge in [0.1, 0.15) is 0 Å². The third-order valence-corrected chi connectivity index (χ3v) is 9.10. The summed E-state index contributed by atoms with van der Waals surface area (Å²) in [6.07, 6.45) is 8.70. The molecule has 7 rings (SSSR count). The maximum absolute atomic E-state index is 13.3. The van der Waals surface area contributed by atoms with Gasteiger partial charge in [-0.1, -0.05) is 0 Å². The molecule has 176 valence electrons. The summed E-state index contributed by atoms with van der Waals surface area (Å²) >= 11 is 0. The van der Waals surface area contributed by atoms with Crippen molar-refractivity contribution in [2.24, 2.45) is 17.8 Å². The molecule has 6 fully saturated rings. The monoisotopic (exact) mass is 451 g/mol. The summed E-state index contributed by atoms with van der Waals surface area (Å²) in [6.45, 7) is 3.69. The molecule has 6 aliphatic rings. The second kappa shape index (κ2) is 7.91. The number of hydrogen-bond acceptors (Lipinski definition) is 6. The van der Waals surface area contributed by atoms with Gasteiger partial charge in [-0.25, -0.2) is 9.69 Å². The predicted octanol–water partition coefficient (Wildman–Crippen LogP) is 2.69. The molecule has 0 radical (unpaired) electrons. The van der Waals surface area contributed by atoms with E-state index in [1.807, 2.05) is 0 Å². The average molecular weight is 452 g/mol. The number of benzene rings is 1. The molecule has 0 N–H and O–H groups in total. The summed E-state index contributed by atoms with van der Waals surface area (Å²) in [6, 6.07) is 6.11. The van der Waals surface area contributed by atoms with Crippen LogP contribution >= 0.6 is 0 Å². The SMILES string of the molecule is COC(=O)c1ccc(N2C(=O)C[C@H](N3CCN(C45CC6CC(CC(C6)C4)C5)CC3)C2=O)cc1. The molecule has 7 heteroatoms. The first-order valence-electron chi connectivity index (χ1n) is 12.5. The van der Waals surface area contributed by atoms with E-state index in [1.54, 1.807) is 24.3 Å². The van der Waals surface area contributed by atoms with Crippen LogP contribution in [0.3, 0.4) is 0 Å². The number of methoxy groups -OCH3 is 1. The number of ether oxygens (including phenoxy) is 1. The summed E-state index contributed by atoms with van der Waals surface area (Å²) in [4.78, 5) is 44.0. The lowest BCUT2D eigenvalue weighted by atomic mass is 9.52. The molecule has 2 aliphatic heterocycles. The maximum Gasteiger partial charge on any atom is 0.337 e. The number of esters is 1. The van der Waals surface area contributed by atoms with E-state index in [-0.39, 0.29) is 24.3 Å². The number of piperazine rings is 1. The number of anilines is 1. The number of imide groups is 1. The molecule has 7 nitrogen and oxygen atoms in total. The van der Waals surface area contributed by atoms with Crippen molar-refractivity contribution >= 4 is 23.5 Å². The van der Waals surface area contributed by atoms with E-state index in [2.05, 4.69) is 9.80 Å². The molecule has 1 atom stereocenters. The first kappa shape index (κ1) is 21.3. The Morgan fingerprint density at radius 3 is 2.03 bits per heavy atom. The van der Waals surface area contributed by atoms with Gasteiger partial charge in [-0.15, -0.1) is 0 Å². The van der Waals surface area contributed by atoms with Gasteiger partial charge in [0.05, 0.1) is 30.8 Å². The Bertz CT molecular complexity index is 931. The Labute approximate surface area is 195 Å². The highest BCUT2D eigenvalue weighted by Crippen LogP contribution is 2.57. The van der Waals surface area contributed by atoms with Gasteiger partial charge in [0, 0.05) is 31.7 Å². The largest absolute Gasteiger partial charge is 0.465 e. The fourth-order valence-corrected chi connectivity index (χ4v) is 8.00. The number of amides is 2. The zero-order valence-corrected chi connectivity index (χ0v) is 19.4. The van der Waals surface area contributed by atoms with E-state index in [1.165, 1.54) is 50.5 Å². The number of hydrogen-bond donors (Lipinski definition) is 0. The fraction of sp³-hybridized carbons (Fsp3) is 0.654. The third-order valence-electron chi connectivity index (χ3n) is 9.10. The van der Waals surface area contributed by atoms with Gasteiger partial charge in [-0.2, -0.15) is 0 Å². The second-order valence-electron chi connectivity index (χ2n) is 11.0. The molecular weight excluding hydrogens is 418 g/mol. The highest BCUT2D eigenvalue weighted by molar-refractivity contribution is 6.22. The Morgan fingerprint density at radius 2 is 1.48 bits per heavy atom. The van der Waals surface area contributed by atoms with Crippen molar-refractivity contribution in [2.45, 2.75) is 56.5 Å². The molecule has 2 heterocycles. The van der Waals surface area contributed by atoms with E-state index < -0.39 is 5.97 Å². The second-order valence-corrected chi connectivity index (χ2v) is 11.0. The van der Waals surface area contributed by atoms with Crippen LogP contribution in [0, 0.1) is 17.8 Å². The van der Waals surface area contributed by atoms with Crippen LogP contribution in [0.1, 0.15) is 55.3 Å². The van der Waals surface area contributed by atoms with Crippen molar-refractivity contribution in [3.8, 4) is 0 Å². The lowest BCUT2D eigenvalue weighted by Gasteiger charge is -2.61.